The van der Waals surface area contributed by atoms with Crippen LogP contribution >= 0.6 is 0 Å². The summed E-state index contributed by atoms with van der Waals surface area (Å²) in [5.41, 5.74) is 0.0672. The molecule has 1 aliphatic rings. The van der Waals surface area contributed by atoms with Gasteiger partial charge in [0.15, 0.2) is 0 Å². The summed E-state index contributed by atoms with van der Waals surface area (Å²) >= 11 is 0. The third kappa shape index (κ3) is 5.40. The largest absolute Gasteiger partial charge is 0.497 e. The van der Waals surface area contributed by atoms with Crippen molar-refractivity contribution in [3.63, 3.8) is 0 Å². The normalized spacial score (nSPS) is 15.9. The van der Waals surface area contributed by atoms with Gasteiger partial charge in [0.05, 0.1) is 19.6 Å². The molecule has 31 heavy (non-hydrogen) atoms. The maximum absolute atomic E-state index is 14.5. The first kappa shape index (κ1) is 22.7. The maximum atomic E-state index is 14.5. The van der Waals surface area contributed by atoms with E-state index in [2.05, 4.69) is 10.6 Å². The van der Waals surface area contributed by atoms with Gasteiger partial charge in [0, 0.05) is 24.4 Å². The maximum Gasteiger partial charge on any atom is 0.222 e. The molecule has 5 nitrogen and oxygen atoms in total. The quantitative estimate of drug-likeness (QED) is 0.661. The van der Waals surface area contributed by atoms with Crippen LogP contribution in [0, 0.1) is 11.6 Å². The third-order valence-corrected chi connectivity index (χ3v) is 5.96. The highest BCUT2D eigenvalue weighted by Gasteiger charge is 2.40. The Labute approximate surface area is 181 Å². The summed E-state index contributed by atoms with van der Waals surface area (Å²) in [6.07, 6.45) is 2.94. The van der Waals surface area contributed by atoms with Crippen LogP contribution in [-0.2, 0) is 15.0 Å². The van der Waals surface area contributed by atoms with E-state index >= 15 is 0 Å². The first-order valence-electron chi connectivity index (χ1n) is 10.5. The Morgan fingerprint density at radius 3 is 2.23 bits per heavy atom. The molecule has 2 aromatic rings. The van der Waals surface area contributed by atoms with Crippen molar-refractivity contribution in [3.05, 3.63) is 65.2 Å². The van der Waals surface area contributed by atoms with E-state index in [1.54, 1.807) is 31.4 Å². The van der Waals surface area contributed by atoms with E-state index in [9.17, 15) is 18.4 Å². The molecule has 2 aromatic carbocycles. The highest BCUT2D eigenvalue weighted by Crippen LogP contribution is 2.42. The van der Waals surface area contributed by atoms with Gasteiger partial charge in [-0.05, 0) is 42.7 Å². The molecule has 0 bridgehead atoms. The molecule has 1 saturated carbocycles. The Morgan fingerprint density at radius 1 is 1.06 bits per heavy atom. The summed E-state index contributed by atoms with van der Waals surface area (Å²) < 4.78 is 34.1. The van der Waals surface area contributed by atoms with E-state index in [0.717, 1.165) is 18.4 Å². The molecule has 0 aliphatic heterocycles. The zero-order chi connectivity index (χ0) is 22.4. The molecule has 0 spiro atoms. The smallest absolute Gasteiger partial charge is 0.222 e. The Hall–Kier alpha value is -2.96. The van der Waals surface area contributed by atoms with Crippen LogP contribution in [0.1, 0.15) is 56.2 Å². The molecule has 7 heteroatoms. The lowest BCUT2D eigenvalue weighted by Crippen LogP contribution is -2.41. The van der Waals surface area contributed by atoms with Crippen molar-refractivity contribution >= 4 is 11.8 Å². The van der Waals surface area contributed by atoms with Crippen molar-refractivity contribution in [2.45, 2.75) is 50.5 Å². The Bertz CT molecular complexity index is 905. The molecule has 166 valence electrons. The second kappa shape index (κ2) is 9.90. The van der Waals surface area contributed by atoms with Gasteiger partial charge in [0.25, 0.3) is 0 Å². The van der Waals surface area contributed by atoms with Gasteiger partial charge < -0.3 is 15.4 Å². The van der Waals surface area contributed by atoms with E-state index in [4.69, 9.17) is 4.74 Å². The molecule has 1 atom stereocenters. The van der Waals surface area contributed by atoms with E-state index in [1.165, 1.54) is 25.1 Å². The first-order chi connectivity index (χ1) is 14.8. The molecule has 0 saturated heterocycles. The van der Waals surface area contributed by atoms with Crippen LogP contribution in [0.2, 0.25) is 0 Å². The summed E-state index contributed by atoms with van der Waals surface area (Å²) in [5, 5.41) is 5.66. The number of methoxy groups -OCH3 is 1. The highest BCUT2D eigenvalue weighted by atomic mass is 19.1. The number of rotatable bonds is 8. The van der Waals surface area contributed by atoms with E-state index < -0.39 is 23.1 Å². The van der Waals surface area contributed by atoms with Crippen LogP contribution in [0.4, 0.5) is 8.78 Å². The number of benzene rings is 2. The minimum Gasteiger partial charge on any atom is -0.497 e. The van der Waals surface area contributed by atoms with Gasteiger partial charge in [0.1, 0.15) is 17.4 Å². The molecular weight excluding hydrogens is 402 g/mol. The average molecular weight is 430 g/mol. The van der Waals surface area contributed by atoms with Gasteiger partial charge in [0.2, 0.25) is 11.8 Å². The zero-order valence-corrected chi connectivity index (χ0v) is 17.8. The number of carbonyl (C=O) groups is 2. The van der Waals surface area contributed by atoms with Crippen LogP contribution in [0.25, 0.3) is 0 Å². The van der Waals surface area contributed by atoms with Gasteiger partial charge in [-0.3, -0.25) is 9.59 Å². The Kier molecular flexibility index (Phi) is 7.25. The van der Waals surface area contributed by atoms with E-state index in [1.807, 2.05) is 0 Å². The lowest BCUT2D eigenvalue weighted by molar-refractivity contribution is -0.123. The second-order valence-corrected chi connectivity index (χ2v) is 8.09. The van der Waals surface area contributed by atoms with E-state index in [-0.39, 0.29) is 30.3 Å². The number of nitrogens with one attached hydrogen (secondary N) is 2. The summed E-state index contributed by atoms with van der Waals surface area (Å²) in [6.45, 7) is 1.54. The second-order valence-electron chi connectivity index (χ2n) is 8.09. The molecule has 2 amide bonds. The van der Waals surface area contributed by atoms with Gasteiger partial charge >= 0.3 is 0 Å². The highest BCUT2D eigenvalue weighted by molar-refractivity contribution is 5.79. The molecule has 1 aliphatic carbocycles. The van der Waals surface area contributed by atoms with Gasteiger partial charge in [-0.2, -0.15) is 0 Å². The Balaban J connectivity index is 1.73. The molecular formula is C24H28F2N2O3. The SMILES string of the molecule is COc1ccc(C(CC(=O)NCC2(c3c(F)cccc3F)CCCC2)NC(C)=O)cc1. The van der Waals surface area contributed by atoms with Crippen molar-refractivity contribution in [1.82, 2.24) is 10.6 Å². The molecule has 3 rings (SSSR count). The van der Waals surface area contributed by atoms with Gasteiger partial charge in [-0.15, -0.1) is 0 Å². The predicted octanol–water partition coefficient (Wildman–Crippen LogP) is 4.17. The summed E-state index contributed by atoms with van der Waals surface area (Å²) in [4.78, 5) is 24.4. The summed E-state index contributed by atoms with van der Waals surface area (Å²) in [6, 6.07) is 10.5. The van der Waals surface area contributed by atoms with Crippen molar-refractivity contribution in [3.8, 4) is 5.75 Å². The molecule has 0 aromatic heterocycles. The number of carbonyl (C=O) groups excluding carboxylic acids is 2. The average Bonchev–Trinajstić information content (AvgIpc) is 3.21. The Morgan fingerprint density at radius 2 is 1.68 bits per heavy atom. The fraction of sp³-hybridized carbons (Fsp3) is 0.417. The minimum absolute atomic E-state index is 0.0156. The van der Waals surface area contributed by atoms with Crippen molar-refractivity contribution < 1.29 is 23.1 Å². The summed E-state index contributed by atoms with van der Waals surface area (Å²) in [7, 11) is 1.56. The molecule has 1 unspecified atom stereocenters. The first-order valence-corrected chi connectivity index (χ1v) is 10.5. The van der Waals surface area contributed by atoms with Crippen LogP contribution in [0.3, 0.4) is 0 Å². The van der Waals surface area contributed by atoms with E-state index in [0.29, 0.717) is 18.6 Å². The minimum atomic E-state index is -0.755. The molecule has 1 fully saturated rings. The zero-order valence-electron chi connectivity index (χ0n) is 17.8. The molecule has 2 N–H and O–H groups in total. The fourth-order valence-electron chi connectivity index (χ4n) is 4.43. The van der Waals surface area contributed by atoms with Gasteiger partial charge in [-0.25, -0.2) is 8.78 Å². The van der Waals surface area contributed by atoms with Crippen LogP contribution in [0.5, 0.6) is 5.75 Å². The number of hydrogen-bond acceptors (Lipinski definition) is 3. The number of amides is 2. The lowest BCUT2D eigenvalue weighted by Gasteiger charge is -2.31. The number of halogens is 2. The molecule has 0 heterocycles. The van der Waals surface area contributed by atoms with Crippen LogP contribution < -0.4 is 15.4 Å². The van der Waals surface area contributed by atoms with Crippen molar-refractivity contribution in [2.75, 3.05) is 13.7 Å². The van der Waals surface area contributed by atoms with Crippen molar-refractivity contribution in [1.29, 1.82) is 0 Å². The standard InChI is InChI=1S/C24H28F2N2O3/c1-16(29)28-21(17-8-10-18(31-2)11-9-17)14-22(30)27-15-24(12-3-4-13-24)23-19(25)6-5-7-20(23)26/h5-11,21H,3-4,12-15H2,1-2H3,(H,27,30)(H,28,29). The number of ether oxygens (including phenoxy) is 1. The van der Waals surface area contributed by atoms with Crippen molar-refractivity contribution in [2.24, 2.45) is 0 Å². The summed E-state index contributed by atoms with van der Waals surface area (Å²) in [5.74, 6) is -1.03. The van der Waals surface area contributed by atoms with Crippen LogP contribution in [0.15, 0.2) is 42.5 Å². The van der Waals surface area contributed by atoms with Gasteiger partial charge in [-0.1, -0.05) is 31.0 Å². The monoisotopic (exact) mass is 430 g/mol. The third-order valence-electron chi connectivity index (χ3n) is 5.96. The van der Waals surface area contributed by atoms with Crippen LogP contribution in [-0.4, -0.2) is 25.5 Å². The number of hydrogen-bond donors (Lipinski definition) is 2. The lowest BCUT2D eigenvalue weighted by atomic mass is 9.78. The topological polar surface area (TPSA) is 67.4 Å². The predicted molar refractivity (Wildman–Crippen MR) is 114 cm³/mol. The fourth-order valence-corrected chi connectivity index (χ4v) is 4.43. The molecule has 0 radical (unpaired) electrons.